The molecule has 0 aliphatic rings. The maximum Gasteiger partial charge on any atom is 3.00 e. The van der Waals surface area contributed by atoms with Crippen LogP contribution in [0.5, 0.6) is 0 Å². The van der Waals surface area contributed by atoms with Crippen LogP contribution in [-0.2, 0) is 19.5 Å². The number of hydrogen-bond donors (Lipinski definition) is 0. The minimum absolute atomic E-state index is 0. The van der Waals surface area contributed by atoms with Crippen LogP contribution in [0.25, 0.3) is 0 Å². The molecule has 0 aliphatic carbocycles. The fourth-order valence-electron chi connectivity index (χ4n) is 3.87. The van der Waals surface area contributed by atoms with Crippen molar-refractivity contribution in [2.24, 2.45) is 0 Å². The van der Waals surface area contributed by atoms with E-state index in [2.05, 4.69) is 165 Å². The molecule has 0 fully saturated rings. The van der Waals surface area contributed by atoms with E-state index >= 15 is 0 Å². The smallest absolute Gasteiger partial charge is 0.126 e. The summed E-state index contributed by atoms with van der Waals surface area (Å²) < 4.78 is 0. The van der Waals surface area contributed by atoms with Crippen LogP contribution in [0.3, 0.4) is 0 Å². The summed E-state index contributed by atoms with van der Waals surface area (Å²) in [4.78, 5) is 0. The third kappa shape index (κ3) is 11.5. The Kier molecular flexibility index (Phi) is 13.5. The van der Waals surface area contributed by atoms with Crippen molar-refractivity contribution in [1.82, 2.24) is 0 Å². The fourth-order valence-corrected chi connectivity index (χ4v) is 3.87. The summed E-state index contributed by atoms with van der Waals surface area (Å²) in [6, 6.07) is 62.0. The van der Waals surface area contributed by atoms with Gasteiger partial charge in [0, 0.05) is 0 Å². The van der Waals surface area contributed by atoms with Crippen LogP contribution in [0.4, 0.5) is 0 Å². The minimum atomic E-state index is 0. The molecule has 0 aliphatic heterocycles. The second-order valence-electron chi connectivity index (χ2n) is 8.90. The molecule has 6 aromatic carbocycles. The zero-order chi connectivity index (χ0) is 26.8. The second-order valence-corrected chi connectivity index (χ2v) is 8.90. The first-order valence-corrected chi connectivity index (χ1v) is 13.2. The third-order valence-electron chi connectivity index (χ3n) is 5.80. The van der Waals surface area contributed by atoms with E-state index in [-0.39, 0.29) is 19.5 Å². The molecule has 0 N–H and O–H groups in total. The van der Waals surface area contributed by atoms with Crippen LogP contribution in [0, 0.1) is 19.3 Å². The first-order valence-electron chi connectivity index (χ1n) is 13.2. The molecule has 0 saturated carbocycles. The van der Waals surface area contributed by atoms with E-state index in [9.17, 15) is 0 Å². The van der Waals surface area contributed by atoms with Crippen LogP contribution in [0.1, 0.15) is 33.4 Å². The minimum Gasteiger partial charge on any atom is -0.126 e. The van der Waals surface area contributed by atoms with Gasteiger partial charge < -0.3 is 0 Å². The predicted octanol–water partition coefficient (Wildman–Crippen LogP) is 9.86. The van der Waals surface area contributed by atoms with E-state index in [0.29, 0.717) is 0 Å². The molecule has 0 spiro atoms. The normalized spacial score (nSPS) is 9.30. The molecule has 0 atom stereocenters. The Balaban J connectivity index is 0.000000163. The van der Waals surface area contributed by atoms with Crippen molar-refractivity contribution in [2.75, 3.05) is 0 Å². The first kappa shape index (κ1) is 30.1. The molecule has 0 unspecified atom stereocenters. The number of hydrogen-bond acceptors (Lipinski definition) is 0. The summed E-state index contributed by atoms with van der Waals surface area (Å²) in [5.74, 6) is 0. The van der Waals surface area contributed by atoms with Crippen LogP contribution in [-0.4, -0.2) is 0 Å². The molecule has 1 radical (unpaired) electrons. The zero-order valence-electron chi connectivity index (χ0n) is 22.4. The molecule has 40 heavy (non-hydrogen) atoms. The molecule has 6 aromatic rings. The molecule has 0 amide bonds. The zero-order valence-corrected chi connectivity index (χ0v) is 24.1. The number of rotatable bonds is 6. The van der Waals surface area contributed by atoms with Crippen molar-refractivity contribution in [3.05, 3.63) is 235 Å². The summed E-state index contributed by atoms with van der Waals surface area (Å²) in [5, 5.41) is 0. The van der Waals surface area contributed by atoms with Gasteiger partial charge in [-0.1, -0.05) is 109 Å². The Labute approximate surface area is 253 Å². The van der Waals surface area contributed by atoms with E-state index in [1.165, 1.54) is 33.4 Å². The maximum atomic E-state index is 2.17. The summed E-state index contributed by atoms with van der Waals surface area (Å²) in [5.41, 5.74) is 7.47. The van der Waals surface area contributed by atoms with Gasteiger partial charge in [-0.2, -0.15) is 0 Å². The molecular formula is C39H33Ru. The van der Waals surface area contributed by atoms with E-state index in [4.69, 9.17) is 0 Å². The second kappa shape index (κ2) is 17.9. The molecule has 6 rings (SSSR count). The largest absolute Gasteiger partial charge is 3.00 e. The van der Waals surface area contributed by atoms with Crippen molar-refractivity contribution in [3.8, 4) is 0 Å². The standard InChI is InChI=1S/3C13H11.Ru/c3*1-3-7-12(8-4-1)11-13-9-5-2-6-10-13;/h3*1-11H;/q3*-1;+3. The van der Waals surface area contributed by atoms with E-state index in [1.54, 1.807) is 0 Å². The Bertz CT molecular complexity index is 1120. The van der Waals surface area contributed by atoms with Gasteiger partial charge in [0.2, 0.25) is 0 Å². The topological polar surface area (TPSA) is 0 Å². The molecule has 1 heteroatoms. The van der Waals surface area contributed by atoms with Crippen LogP contribution in [0.15, 0.2) is 182 Å². The predicted molar refractivity (Wildman–Crippen MR) is 166 cm³/mol. The van der Waals surface area contributed by atoms with Crippen molar-refractivity contribution in [2.45, 2.75) is 0 Å². The van der Waals surface area contributed by atoms with Gasteiger partial charge in [0.25, 0.3) is 0 Å². The SMILES string of the molecule is [Ru+3].c1ccc([CH-]c2ccccc2)cc1.c1ccc([CH-]c2ccccc2)cc1.c1ccc([CH-]c2ccccc2)cc1. The Hall–Kier alpha value is -4.45. The van der Waals surface area contributed by atoms with Gasteiger partial charge in [0.15, 0.2) is 0 Å². The molecule has 0 aromatic heterocycles. The monoisotopic (exact) mass is 603 g/mol. The molecule has 0 heterocycles. The molecule has 0 saturated heterocycles. The fraction of sp³-hybridized carbons (Fsp3) is 0. The third-order valence-corrected chi connectivity index (χ3v) is 5.80. The average molecular weight is 603 g/mol. The van der Waals surface area contributed by atoms with Crippen LogP contribution >= 0.6 is 0 Å². The van der Waals surface area contributed by atoms with Gasteiger partial charge in [-0.25, -0.2) is 0 Å². The van der Waals surface area contributed by atoms with Crippen LogP contribution < -0.4 is 0 Å². The Morgan fingerprint density at radius 2 is 0.325 bits per heavy atom. The van der Waals surface area contributed by atoms with Crippen molar-refractivity contribution < 1.29 is 19.5 Å². The molecular weight excluding hydrogens is 569 g/mol. The number of benzene rings is 6. The van der Waals surface area contributed by atoms with Gasteiger partial charge in [0.05, 0.1) is 0 Å². The van der Waals surface area contributed by atoms with E-state index in [0.717, 1.165) is 0 Å². The van der Waals surface area contributed by atoms with Gasteiger partial charge in [0.1, 0.15) is 0 Å². The van der Waals surface area contributed by atoms with Gasteiger partial charge >= 0.3 is 19.5 Å². The quantitative estimate of drug-likeness (QED) is 0.132. The first-order chi connectivity index (χ1) is 19.3. The van der Waals surface area contributed by atoms with Crippen molar-refractivity contribution in [1.29, 1.82) is 0 Å². The van der Waals surface area contributed by atoms with Crippen molar-refractivity contribution >= 4 is 0 Å². The van der Waals surface area contributed by atoms with E-state index in [1.807, 2.05) is 36.4 Å². The summed E-state index contributed by atoms with van der Waals surface area (Å²) in [6.07, 6.45) is 6.50. The van der Waals surface area contributed by atoms with Crippen LogP contribution in [0.2, 0.25) is 0 Å². The molecule has 0 bridgehead atoms. The van der Waals surface area contributed by atoms with Gasteiger partial charge in [-0.15, -0.1) is 125 Å². The van der Waals surface area contributed by atoms with E-state index < -0.39 is 0 Å². The Morgan fingerprint density at radius 3 is 0.450 bits per heavy atom. The van der Waals surface area contributed by atoms with Gasteiger partial charge in [-0.05, 0) is 0 Å². The summed E-state index contributed by atoms with van der Waals surface area (Å²) in [6.45, 7) is 0. The van der Waals surface area contributed by atoms with Crippen molar-refractivity contribution in [3.63, 3.8) is 0 Å². The summed E-state index contributed by atoms with van der Waals surface area (Å²) in [7, 11) is 0. The summed E-state index contributed by atoms with van der Waals surface area (Å²) >= 11 is 0. The van der Waals surface area contributed by atoms with Gasteiger partial charge in [-0.3, -0.25) is 0 Å². The maximum absolute atomic E-state index is 2.17. The Morgan fingerprint density at radius 1 is 0.200 bits per heavy atom. The molecule has 0 nitrogen and oxygen atoms in total. The molecule has 197 valence electrons. The average Bonchev–Trinajstić information content (AvgIpc) is 3.01.